The fourth-order valence-electron chi connectivity index (χ4n) is 3.60. The molecule has 2 aliphatic heterocycles. The Hall–Kier alpha value is -1.59. The van der Waals surface area contributed by atoms with Gasteiger partial charge in [0.2, 0.25) is 0 Å². The van der Waals surface area contributed by atoms with Crippen LogP contribution >= 0.6 is 15.6 Å². The standard InChI is InChI=1S/C16H23F3N2O17P2/c17-16(18,19)4-1-21(15(29)20-12(4)28)13-10(26)8(24)6(35-13)3-34-39(30,31)38-40(32,33)37-14-11(27)9(25)7(23)5(2-22)36-14/h1,5-11,13-14,22-27H,2-3H2,(H,30,31)(H,32,33)(H,20,28,29)/t5-,6-,7+,8-,9+,10-,11-,13-,14+/m1/s1. The van der Waals surface area contributed by atoms with Gasteiger partial charge in [-0.15, -0.1) is 0 Å². The third-order valence-corrected chi connectivity index (χ3v) is 8.18. The number of hydrogen-bond acceptors (Lipinski definition) is 15. The number of phosphoric acid groups is 2. The molecule has 24 heteroatoms. The molecule has 2 unspecified atom stereocenters. The van der Waals surface area contributed by atoms with E-state index in [-0.39, 0.29) is 10.8 Å². The topological polar surface area (TPSA) is 297 Å². The van der Waals surface area contributed by atoms with Crippen molar-refractivity contribution in [2.24, 2.45) is 0 Å². The molecule has 9 N–H and O–H groups in total. The quantitative estimate of drug-likeness (QED) is 0.118. The summed E-state index contributed by atoms with van der Waals surface area (Å²) in [4.78, 5) is 44.3. The van der Waals surface area contributed by atoms with E-state index in [1.807, 2.05) is 0 Å². The summed E-state index contributed by atoms with van der Waals surface area (Å²) in [5, 5.41) is 58.6. The van der Waals surface area contributed by atoms with Crippen molar-refractivity contribution in [1.29, 1.82) is 0 Å². The molecule has 2 aliphatic rings. The van der Waals surface area contributed by atoms with Gasteiger partial charge in [0.1, 0.15) is 48.3 Å². The molecule has 0 saturated carbocycles. The maximum atomic E-state index is 13.0. The number of halogens is 3. The Morgan fingerprint density at radius 3 is 2.10 bits per heavy atom. The van der Waals surface area contributed by atoms with Gasteiger partial charge in [-0.1, -0.05) is 0 Å². The maximum absolute atomic E-state index is 13.0. The Kier molecular flexibility index (Phi) is 9.84. The van der Waals surface area contributed by atoms with Crippen molar-refractivity contribution in [2.45, 2.75) is 61.4 Å². The minimum atomic E-state index is -5.72. The average Bonchev–Trinajstić information content (AvgIpc) is 3.10. The van der Waals surface area contributed by atoms with Gasteiger partial charge in [0.05, 0.1) is 13.2 Å². The maximum Gasteiger partial charge on any atom is 0.483 e. The first-order valence-electron chi connectivity index (χ1n) is 10.7. The lowest BCUT2D eigenvalue weighted by Crippen LogP contribution is -2.58. The fourth-order valence-corrected chi connectivity index (χ4v) is 5.76. The van der Waals surface area contributed by atoms with Crippen LogP contribution in [0.25, 0.3) is 0 Å². The Morgan fingerprint density at radius 1 is 0.925 bits per heavy atom. The smallest absolute Gasteiger partial charge is 0.394 e. The van der Waals surface area contributed by atoms with Crippen molar-refractivity contribution >= 4 is 15.6 Å². The first kappa shape index (κ1) is 32.9. The molecule has 19 nitrogen and oxygen atoms in total. The van der Waals surface area contributed by atoms with Gasteiger partial charge in [0.25, 0.3) is 5.56 Å². The summed E-state index contributed by atoms with van der Waals surface area (Å²) in [6, 6.07) is 0. The van der Waals surface area contributed by atoms with E-state index in [0.29, 0.717) is 0 Å². The minimum absolute atomic E-state index is 0.00343. The van der Waals surface area contributed by atoms with E-state index < -0.39 is 107 Å². The van der Waals surface area contributed by atoms with E-state index in [4.69, 9.17) is 14.6 Å². The number of hydrogen-bond donors (Lipinski definition) is 9. The number of aromatic amines is 1. The molecular weight excluding hydrogens is 611 g/mol. The molecule has 230 valence electrons. The molecule has 2 fully saturated rings. The predicted octanol–water partition coefficient (Wildman–Crippen LogP) is -3.77. The van der Waals surface area contributed by atoms with E-state index in [1.165, 1.54) is 4.98 Å². The Bertz CT molecular complexity index is 1270. The van der Waals surface area contributed by atoms with Crippen LogP contribution in [0.5, 0.6) is 0 Å². The van der Waals surface area contributed by atoms with E-state index in [0.717, 1.165) is 0 Å². The van der Waals surface area contributed by atoms with E-state index in [2.05, 4.69) is 13.4 Å². The van der Waals surface area contributed by atoms with Crippen LogP contribution in [0.4, 0.5) is 13.2 Å². The number of nitrogens with one attached hydrogen (secondary N) is 1. The van der Waals surface area contributed by atoms with Crippen LogP contribution in [0.15, 0.2) is 15.8 Å². The van der Waals surface area contributed by atoms with Crippen LogP contribution in [0, 0.1) is 0 Å². The molecule has 40 heavy (non-hydrogen) atoms. The predicted molar refractivity (Wildman–Crippen MR) is 114 cm³/mol. The van der Waals surface area contributed by atoms with Crippen LogP contribution < -0.4 is 11.2 Å². The van der Waals surface area contributed by atoms with Crippen molar-refractivity contribution < 1.29 is 85.6 Å². The zero-order valence-electron chi connectivity index (χ0n) is 19.4. The SMILES string of the molecule is O=c1[nH]c(=O)n([C@@H]2O[C@H](COP(=O)(O)OP(=O)(O)O[C@@H]3O[C@H](CO)[C@H](O)[C@H](O)[C@H]3O)[C@@H](O)[C@H]2O)cc1C(F)(F)F. The van der Waals surface area contributed by atoms with Gasteiger partial charge in [0, 0.05) is 6.20 Å². The van der Waals surface area contributed by atoms with Gasteiger partial charge in [0.15, 0.2) is 12.5 Å². The highest BCUT2D eigenvalue weighted by atomic mass is 31.3. The van der Waals surface area contributed by atoms with Crippen LogP contribution in [0.3, 0.4) is 0 Å². The first-order chi connectivity index (χ1) is 18.3. The Morgan fingerprint density at radius 2 is 1.52 bits per heavy atom. The van der Waals surface area contributed by atoms with Crippen LogP contribution in [0.1, 0.15) is 11.8 Å². The second-order valence-corrected chi connectivity index (χ2v) is 11.4. The van der Waals surface area contributed by atoms with Crippen LogP contribution in [0.2, 0.25) is 0 Å². The third-order valence-electron chi connectivity index (χ3n) is 5.58. The van der Waals surface area contributed by atoms with Crippen LogP contribution in [-0.4, -0.2) is 112 Å². The normalized spacial score (nSPS) is 36.2. The number of aliphatic hydroxyl groups is 6. The van der Waals surface area contributed by atoms with Crippen molar-refractivity contribution in [3.05, 3.63) is 32.6 Å². The number of nitrogens with zero attached hydrogens (tertiary/aromatic N) is 1. The fraction of sp³-hybridized carbons (Fsp3) is 0.750. The zero-order valence-corrected chi connectivity index (χ0v) is 21.2. The van der Waals surface area contributed by atoms with Gasteiger partial charge in [-0.25, -0.2) is 13.9 Å². The van der Waals surface area contributed by atoms with Gasteiger partial charge < -0.3 is 49.9 Å². The number of aliphatic hydroxyl groups excluding tert-OH is 6. The molecule has 11 atom stereocenters. The largest absolute Gasteiger partial charge is 0.483 e. The van der Waals surface area contributed by atoms with E-state index in [1.54, 1.807) is 0 Å². The van der Waals surface area contributed by atoms with Gasteiger partial charge in [-0.2, -0.15) is 17.5 Å². The molecule has 3 rings (SSSR count). The summed E-state index contributed by atoms with van der Waals surface area (Å²) in [7, 11) is -11.4. The molecule has 3 heterocycles. The van der Waals surface area contributed by atoms with E-state index >= 15 is 0 Å². The molecule has 0 amide bonds. The van der Waals surface area contributed by atoms with Gasteiger partial charge >= 0.3 is 27.5 Å². The molecule has 0 spiro atoms. The molecule has 0 aromatic carbocycles. The summed E-state index contributed by atoms with van der Waals surface area (Å²) in [5.74, 6) is 0. The van der Waals surface area contributed by atoms with E-state index in [9.17, 15) is 67.2 Å². The highest BCUT2D eigenvalue weighted by Crippen LogP contribution is 2.61. The average molecular weight is 634 g/mol. The zero-order chi connectivity index (χ0) is 30.4. The van der Waals surface area contributed by atoms with Crippen LogP contribution in [-0.2, 0) is 38.1 Å². The number of alkyl halides is 3. The molecule has 1 aromatic rings. The molecular formula is C16H23F3N2O17P2. The first-order valence-corrected chi connectivity index (χ1v) is 13.7. The summed E-state index contributed by atoms with van der Waals surface area (Å²) in [6.07, 6.45) is -23.5. The van der Waals surface area contributed by atoms with Gasteiger partial charge in [-0.3, -0.25) is 23.4 Å². The number of H-pyrrole nitrogens is 1. The van der Waals surface area contributed by atoms with Crippen molar-refractivity contribution in [3.63, 3.8) is 0 Å². The summed E-state index contributed by atoms with van der Waals surface area (Å²) >= 11 is 0. The molecule has 1 aromatic heterocycles. The highest BCUT2D eigenvalue weighted by Gasteiger charge is 2.50. The Labute approximate surface area is 218 Å². The molecule has 0 radical (unpaired) electrons. The summed E-state index contributed by atoms with van der Waals surface area (Å²) < 4.78 is 86.1. The molecule has 0 bridgehead atoms. The monoisotopic (exact) mass is 634 g/mol. The Balaban J connectivity index is 1.67. The molecule has 2 saturated heterocycles. The van der Waals surface area contributed by atoms with Crippen molar-refractivity contribution in [2.75, 3.05) is 13.2 Å². The van der Waals surface area contributed by atoms with Crippen molar-refractivity contribution in [3.8, 4) is 0 Å². The summed E-state index contributed by atoms with van der Waals surface area (Å²) in [6.45, 7) is -2.21. The minimum Gasteiger partial charge on any atom is -0.394 e. The molecule has 0 aliphatic carbocycles. The number of rotatable bonds is 9. The van der Waals surface area contributed by atoms with Crippen molar-refractivity contribution in [1.82, 2.24) is 9.55 Å². The van der Waals surface area contributed by atoms with Gasteiger partial charge in [-0.05, 0) is 0 Å². The third kappa shape index (κ3) is 7.24. The lowest BCUT2D eigenvalue weighted by molar-refractivity contribution is -0.280. The second kappa shape index (κ2) is 12.0. The number of aromatic nitrogens is 2. The lowest BCUT2D eigenvalue weighted by Gasteiger charge is -2.39. The summed E-state index contributed by atoms with van der Waals surface area (Å²) in [5.41, 5.74) is -5.15. The number of ether oxygens (including phenoxy) is 2. The highest BCUT2D eigenvalue weighted by molar-refractivity contribution is 7.61. The lowest BCUT2D eigenvalue weighted by atomic mass is 10.00. The number of phosphoric ester groups is 2. The second-order valence-electron chi connectivity index (χ2n) is 8.37.